The molecule has 0 saturated heterocycles. The first-order chi connectivity index (χ1) is 17.7. The summed E-state index contributed by atoms with van der Waals surface area (Å²) >= 11 is 16.5. The topological polar surface area (TPSA) is 9.23 Å². The molecule has 0 fully saturated rings. The molecule has 0 radical (unpaired) electrons. The first-order valence-corrected chi connectivity index (χ1v) is 16.3. The number of ether oxygens (including phenoxy) is 1. The fourth-order valence-corrected chi connectivity index (χ4v) is 8.76. The van der Waals surface area contributed by atoms with Gasteiger partial charge in [-0.1, -0.05) is 106 Å². The Balaban J connectivity index is 0.000000171. The van der Waals surface area contributed by atoms with Crippen LogP contribution >= 0.6 is 75.5 Å². The minimum Gasteiger partial charge on any atom is -0.376 e. The van der Waals surface area contributed by atoms with Gasteiger partial charge in [0.2, 0.25) is 0 Å². The molecule has 3 aliphatic rings. The molecule has 0 spiro atoms. The molecule has 0 aromatic heterocycles. The second kappa shape index (κ2) is 11.5. The van der Waals surface area contributed by atoms with Crippen LogP contribution in [0.1, 0.15) is 60.3 Å². The summed E-state index contributed by atoms with van der Waals surface area (Å²) in [6.07, 6.45) is 8.06. The normalized spacial score (nSPS) is 19.0. The number of allylic oxidation sites excluding steroid dienone is 2. The zero-order valence-corrected chi connectivity index (χ0v) is 28.4. The second-order valence-electron chi connectivity index (χ2n) is 10.1. The van der Waals surface area contributed by atoms with Crippen LogP contribution in [0.25, 0.3) is 12.2 Å². The molecular weight excluding hydrogens is 740 g/mol. The van der Waals surface area contributed by atoms with Crippen LogP contribution < -0.4 is 0 Å². The number of rotatable bonds is 3. The molecule has 1 nitrogen and oxygen atoms in total. The highest BCUT2D eigenvalue weighted by Gasteiger charge is 2.32. The molecule has 3 aromatic rings. The van der Waals surface area contributed by atoms with Crippen molar-refractivity contribution in [2.75, 3.05) is 7.11 Å². The summed E-state index contributed by atoms with van der Waals surface area (Å²) in [5.74, 6) is 0.560. The van der Waals surface area contributed by atoms with Gasteiger partial charge in [0, 0.05) is 34.8 Å². The van der Waals surface area contributed by atoms with E-state index in [1.165, 1.54) is 67.7 Å². The van der Waals surface area contributed by atoms with Gasteiger partial charge >= 0.3 is 0 Å². The number of fused-ring (bicyclic) bond motifs is 3. The van der Waals surface area contributed by atoms with Crippen LogP contribution in [0.2, 0.25) is 0 Å². The summed E-state index contributed by atoms with van der Waals surface area (Å²) in [4.78, 5) is 2.76. The zero-order chi connectivity index (χ0) is 26.4. The predicted octanol–water partition coefficient (Wildman–Crippen LogP) is 11.4. The smallest absolute Gasteiger partial charge is 0.0863 e. The molecule has 6 rings (SSSR count). The van der Waals surface area contributed by atoms with Crippen LogP contribution in [0.3, 0.4) is 0 Å². The number of hydrogen-bond donors (Lipinski definition) is 0. The average molecular weight is 768 g/mol. The fourth-order valence-electron chi connectivity index (χ4n) is 5.56. The zero-order valence-electron chi connectivity index (χ0n) is 21.2. The lowest BCUT2D eigenvalue weighted by atomic mass is 10.1. The summed E-state index contributed by atoms with van der Waals surface area (Å²) in [5, 5.41) is 0. The minimum absolute atomic E-state index is 0.233. The molecule has 37 heavy (non-hydrogen) atoms. The van der Waals surface area contributed by atoms with E-state index in [9.17, 15) is 0 Å². The molecule has 0 N–H and O–H groups in total. The Kier molecular flexibility index (Phi) is 8.65. The standard InChI is InChI=1S/C20H16Br2S.C11H12Br2O/c1-11-7-13-15(9-11)19(5-3-17(13)21)23-20-6-4-18(22)14-8-12(2)10-16(14)20;1-6-5-7-8(12)3-4-9(13)10(7)11(6)14-2/h3-8H,9-10H2,1-2H3;3-4,6,11H,5H2,1-2H3. The quantitative estimate of drug-likeness (QED) is 0.263. The largest absolute Gasteiger partial charge is 0.376 e. The molecule has 0 saturated carbocycles. The summed E-state index contributed by atoms with van der Waals surface area (Å²) in [6, 6.07) is 13.0. The van der Waals surface area contributed by atoms with Crippen molar-refractivity contribution in [1.29, 1.82) is 0 Å². The Morgan fingerprint density at radius 2 is 1.19 bits per heavy atom. The molecule has 192 valence electrons. The van der Waals surface area contributed by atoms with Crippen molar-refractivity contribution in [2.45, 2.75) is 55.9 Å². The van der Waals surface area contributed by atoms with E-state index in [-0.39, 0.29) is 6.10 Å². The summed E-state index contributed by atoms with van der Waals surface area (Å²) in [7, 11) is 1.78. The first-order valence-electron chi connectivity index (χ1n) is 12.3. The van der Waals surface area contributed by atoms with Crippen molar-refractivity contribution < 1.29 is 4.74 Å². The van der Waals surface area contributed by atoms with Gasteiger partial charge in [0.15, 0.2) is 0 Å². The monoisotopic (exact) mass is 764 g/mol. The Labute approximate surface area is 258 Å². The van der Waals surface area contributed by atoms with Gasteiger partial charge in [0.05, 0.1) is 6.10 Å². The Morgan fingerprint density at radius 1 is 0.703 bits per heavy atom. The van der Waals surface area contributed by atoms with Gasteiger partial charge in [-0.25, -0.2) is 0 Å². The minimum atomic E-state index is 0.233. The van der Waals surface area contributed by atoms with E-state index >= 15 is 0 Å². The number of halogens is 4. The average Bonchev–Trinajstić information content (AvgIpc) is 3.55. The van der Waals surface area contributed by atoms with Gasteiger partial charge in [-0.05, 0) is 109 Å². The SMILES string of the molecule is CC1=Cc2c(Br)ccc(Sc3ccc(Br)c4c3CC(C)=C4)c2C1.COC1c2c(Br)ccc(Br)c2CC1C. The molecular formula is C31H28Br4OS. The van der Waals surface area contributed by atoms with Crippen LogP contribution in [0.5, 0.6) is 0 Å². The Hall–Kier alpha value is -0.630. The molecule has 3 aromatic carbocycles. The van der Waals surface area contributed by atoms with Crippen LogP contribution in [0.15, 0.2) is 75.2 Å². The van der Waals surface area contributed by atoms with Crippen molar-refractivity contribution >= 4 is 87.6 Å². The maximum absolute atomic E-state index is 5.53. The Morgan fingerprint density at radius 3 is 1.70 bits per heavy atom. The summed E-state index contributed by atoms with van der Waals surface area (Å²) in [6.45, 7) is 6.66. The molecule has 6 heteroatoms. The third-order valence-electron chi connectivity index (χ3n) is 7.26. The van der Waals surface area contributed by atoms with E-state index in [0.29, 0.717) is 5.92 Å². The maximum atomic E-state index is 5.53. The number of benzene rings is 3. The van der Waals surface area contributed by atoms with Crippen molar-refractivity contribution in [2.24, 2.45) is 5.92 Å². The van der Waals surface area contributed by atoms with E-state index < -0.39 is 0 Å². The van der Waals surface area contributed by atoms with E-state index in [0.717, 1.165) is 23.7 Å². The lowest BCUT2D eigenvalue weighted by Gasteiger charge is -2.15. The second-order valence-corrected chi connectivity index (χ2v) is 14.6. The Bertz CT molecular complexity index is 1380. The molecule has 0 amide bonds. The lowest BCUT2D eigenvalue weighted by molar-refractivity contribution is 0.0690. The molecule has 3 aliphatic carbocycles. The van der Waals surface area contributed by atoms with E-state index in [1.54, 1.807) is 7.11 Å². The van der Waals surface area contributed by atoms with Gasteiger partial charge in [-0.2, -0.15) is 0 Å². The van der Waals surface area contributed by atoms with E-state index in [2.05, 4.69) is 133 Å². The third kappa shape index (κ3) is 5.53. The highest BCUT2D eigenvalue weighted by molar-refractivity contribution is 9.11. The van der Waals surface area contributed by atoms with Crippen molar-refractivity contribution in [3.05, 3.63) is 98.8 Å². The van der Waals surface area contributed by atoms with Crippen molar-refractivity contribution in [3.63, 3.8) is 0 Å². The van der Waals surface area contributed by atoms with Crippen LogP contribution in [0, 0.1) is 5.92 Å². The maximum Gasteiger partial charge on any atom is 0.0863 e. The highest BCUT2D eigenvalue weighted by atomic mass is 79.9. The predicted molar refractivity (Wildman–Crippen MR) is 172 cm³/mol. The van der Waals surface area contributed by atoms with Gasteiger partial charge in [-0.3, -0.25) is 0 Å². The number of hydrogen-bond acceptors (Lipinski definition) is 2. The van der Waals surface area contributed by atoms with Crippen molar-refractivity contribution in [1.82, 2.24) is 0 Å². The van der Waals surface area contributed by atoms with Crippen LogP contribution in [-0.4, -0.2) is 7.11 Å². The first kappa shape index (κ1) is 27.9. The third-order valence-corrected chi connectivity index (χ3v) is 11.3. The van der Waals surface area contributed by atoms with Gasteiger partial charge in [0.1, 0.15) is 0 Å². The molecule has 0 aliphatic heterocycles. The van der Waals surface area contributed by atoms with Gasteiger partial charge in [-0.15, -0.1) is 0 Å². The van der Waals surface area contributed by atoms with E-state index in [1.807, 2.05) is 11.8 Å². The number of methoxy groups -OCH3 is 1. The van der Waals surface area contributed by atoms with Gasteiger partial charge in [0.25, 0.3) is 0 Å². The molecule has 0 bridgehead atoms. The molecule has 2 unspecified atom stereocenters. The molecule has 0 heterocycles. The lowest BCUT2D eigenvalue weighted by Crippen LogP contribution is -2.05. The van der Waals surface area contributed by atoms with Crippen LogP contribution in [0.4, 0.5) is 0 Å². The van der Waals surface area contributed by atoms with Crippen molar-refractivity contribution in [3.8, 4) is 0 Å². The summed E-state index contributed by atoms with van der Waals surface area (Å²) in [5.41, 5.74) is 11.2. The summed E-state index contributed by atoms with van der Waals surface area (Å²) < 4.78 is 10.3. The van der Waals surface area contributed by atoms with Gasteiger partial charge < -0.3 is 4.74 Å². The highest BCUT2D eigenvalue weighted by Crippen LogP contribution is 2.46. The van der Waals surface area contributed by atoms with Crippen LogP contribution in [-0.2, 0) is 24.0 Å². The fraction of sp³-hybridized carbons (Fsp3) is 0.290. The van der Waals surface area contributed by atoms with E-state index in [4.69, 9.17) is 4.74 Å². The molecule has 2 atom stereocenters.